The third kappa shape index (κ3) is 3.67. The van der Waals surface area contributed by atoms with Crippen LogP contribution in [-0.2, 0) is 6.54 Å². The monoisotopic (exact) mass is 321 g/mol. The molecule has 0 amide bonds. The van der Waals surface area contributed by atoms with Gasteiger partial charge in [0.25, 0.3) is 0 Å². The van der Waals surface area contributed by atoms with Gasteiger partial charge in [0.05, 0.1) is 12.7 Å². The molecule has 1 aromatic carbocycles. The number of aromatic nitrogens is 2. The molecule has 19 heavy (non-hydrogen) atoms. The van der Waals surface area contributed by atoms with Crippen molar-refractivity contribution < 1.29 is 0 Å². The summed E-state index contributed by atoms with van der Waals surface area (Å²) in [6.45, 7) is 6.10. The highest BCUT2D eigenvalue weighted by atomic mass is 79.9. The van der Waals surface area contributed by atoms with E-state index in [0.717, 1.165) is 24.0 Å². The maximum Gasteiger partial charge on any atom is 0.0670 e. The Morgan fingerprint density at radius 2 is 2.11 bits per heavy atom. The van der Waals surface area contributed by atoms with E-state index in [1.807, 2.05) is 16.9 Å². The molecule has 4 heteroatoms. The van der Waals surface area contributed by atoms with E-state index >= 15 is 0 Å². The Morgan fingerprint density at radius 3 is 2.79 bits per heavy atom. The molecule has 0 spiro atoms. The minimum absolute atomic E-state index is 0.401. The van der Waals surface area contributed by atoms with Crippen molar-refractivity contribution in [2.75, 3.05) is 6.54 Å². The van der Waals surface area contributed by atoms with Crippen molar-refractivity contribution in [3.05, 3.63) is 52.3 Å². The van der Waals surface area contributed by atoms with Crippen LogP contribution in [0.2, 0.25) is 0 Å². The normalized spacial score (nSPS) is 12.6. The van der Waals surface area contributed by atoms with Crippen LogP contribution >= 0.6 is 15.9 Å². The molecule has 1 atom stereocenters. The second-order valence-electron chi connectivity index (χ2n) is 4.58. The maximum absolute atomic E-state index is 4.46. The van der Waals surface area contributed by atoms with Gasteiger partial charge >= 0.3 is 0 Å². The summed E-state index contributed by atoms with van der Waals surface area (Å²) in [5, 5.41) is 7.93. The Bertz CT molecular complexity index is 522. The number of nitrogens with one attached hydrogen (secondary N) is 1. The van der Waals surface area contributed by atoms with Gasteiger partial charge in [0.2, 0.25) is 0 Å². The van der Waals surface area contributed by atoms with E-state index in [4.69, 9.17) is 0 Å². The minimum atomic E-state index is 0.401. The molecular weight excluding hydrogens is 302 g/mol. The summed E-state index contributed by atoms with van der Waals surface area (Å²) in [6.07, 6.45) is 5.18. The number of halogens is 1. The van der Waals surface area contributed by atoms with E-state index in [0.29, 0.717) is 6.04 Å². The minimum Gasteiger partial charge on any atom is -0.310 e. The summed E-state index contributed by atoms with van der Waals surface area (Å²) in [5.74, 6) is 0. The van der Waals surface area contributed by atoms with Gasteiger partial charge in [-0.15, -0.1) is 0 Å². The molecule has 0 radical (unpaired) electrons. The zero-order chi connectivity index (χ0) is 13.7. The maximum atomic E-state index is 4.46. The van der Waals surface area contributed by atoms with Gasteiger partial charge in [0.1, 0.15) is 0 Å². The first-order valence-electron chi connectivity index (χ1n) is 6.73. The Kier molecular flexibility index (Phi) is 5.16. The molecule has 2 rings (SSSR count). The lowest BCUT2D eigenvalue weighted by molar-refractivity contribution is 0.536. The third-order valence-corrected chi connectivity index (χ3v) is 3.98. The SMILES string of the molecule is CCNC(CC)c1cnn(Cc2ccccc2Br)c1. The smallest absolute Gasteiger partial charge is 0.0670 e. The highest BCUT2D eigenvalue weighted by Crippen LogP contribution is 2.19. The topological polar surface area (TPSA) is 29.9 Å². The number of rotatable bonds is 6. The molecular formula is C15H20BrN3. The molecule has 1 aromatic heterocycles. The average Bonchev–Trinajstić information content (AvgIpc) is 2.87. The van der Waals surface area contributed by atoms with E-state index in [1.54, 1.807) is 0 Å². The molecule has 2 aromatic rings. The predicted octanol–water partition coefficient (Wildman–Crippen LogP) is 3.75. The van der Waals surface area contributed by atoms with Gasteiger partial charge in [-0.05, 0) is 24.6 Å². The zero-order valence-corrected chi connectivity index (χ0v) is 13.0. The molecule has 3 nitrogen and oxygen atoms in total. The molecule has 102 valence electrons. The molecule has 0 bridgehead atoms. The van der Waals surface area contributed by atoms with E-state index in [2.05, 4.69) is 64.6 Å². The van der Waals surface area contributed by atoms with Crippen molar-refractivity contribution in [3.63, 3.8) is 0 Å². The standard InChI is InChI=1S/C15H20BrN3/c1-3-15(17-4-2)13-9-18-19(11-13)10-12-7-5-6-8-14(12)16/h5-9,11,15,17H,3-4,10H2,1-2H3. The van der Waals surface area contributed by atoms with E-state index in [9.17, 15) is 0 Å². The molecule has 0 saturated carbocycles. The molecule has 1 unspecified atom stereocenters. The first kappa shape index (κ1) is 14.3. The summed E-state index contributed by atoms with van der Waals surface area (Å²) in [5.41, 5.74) is 2.50. The van der Waals surface area contributed by atoms with Crippen LogP contribution < -0.4 is 5.32 Å². The van der Waals surface area contributed by atoms with E-state index < -0.39 is 0 Å². The lowest BCUT2D eigenvalue weighted by Crippen LogP contribution is -2.19. The summed E-state index contributed by atoms with van der Waals surface area (Å²) < 4.78 is 3.13. The molecule has 1 N–H and O–H groups in total. The Morgan fingerprint density at radius 1 is 1.32 bits per heavy atom. The van der Waals surface area contributed by atoms with Crippen LogP contribution in [0.15, 0.2) is 41.1 Å². The van der Waals surface area contributed by atoms with Gasteiger partial charge in [0, 0.05) is 22.3 Å². The van der Waals surface area contributed by atoms with Crippen molar-refractivity contribution in [1.29, 1.82) is 0 Å². The lowest BCUT2D eigenvalue weighted by atomic mass is 10.1. The number of hydrogen-bond donors (Lipinski definition) is 1. The quantitative estimate of drug-likeness (QED) is 0.878. The van der Waals surface area contributed by atoms with Crippen molar-refractivity contribution in [3.8, 4) is 0 Å². The second kappa shape index (κ2) is 6.87. The highest BCUT2D eigenvalue weighted by Gasteiger charge is 2.10. The molecule has 0 fully saturated rings. The molecule has 0 aliphatic carbocycles. The van der Waals surface area contributed by atoms with Crippen molar-refractivity contribution in [1.82, 2.24) is 15.1 Å². The Balaban J connectivity index is 2.11. The number of hydrogen-bond acceptors (Lipinski definition) is 2. The fraction of sp³-hybridized carbons (Fsp3) is 0.400. The van der Waals surface area contributed by atoms with Crippen molar-refractivity contribution in [2.24, 2.45) is 0 Å². The highest BCUT2D eigenvalue weighted by molar-refractivity contribution is 9.10. The van der Waals surface area contributed by atoms with Gasteiger partial charge in [0.15, 0.2) is 0 Å². The molecule has 0 aliphatic heterocycles. The van der Waals surface area contributed by atoms with Gasteiger partial charge in [-0.2, -0.15) is 5.10 Å². The summed E-state index contributed by atoms with van der Waals surface area (Å²) in [7, 11) is 0. The molecule has 0 aliphatic rings. The van der Waals surface area contributed by atoms with Gasteiger partial charge in [-0.1, -0.05) is 48.0 Å². The molecule has 0 saturated heterocycles. The van der Waals surface area contributed by atoms with Crippen LogP contribution in [0, 0.1) is 0 Å². The van der Waals surface area contributed by atoms with Crippen LogP contribution in [0.3, 0.4) is 0 Å². The van der Waals surface area contributed by atoms with E-state index in [1.165, 1.54) is 11.1 Å². The zero-order valence-electron chi connectivity index (χ0n) is 11.4. The fourth-order valence-corrected chi connectivity index (χ4v) is 2.60. The van der Waals surface area contributed by atoms with Crippen molar-refractivity contribution in [2.45, 2.75) is 32.9 Å². The summed E-state index contributed by atoms with van der Waals surface area (Å²) in [6, 6.07) is 8.66. The summed E-state index contributed by atoms with van der Waals surface area (Å²) in [4.78, 5) is 0. The van der Waals surface area contributed by atoms with Crippen molar-refractivity contribution >= 4 is 15.9 Å². The van der Waals surface area contributed by atoms with Crippen LogP contribution in [0.5, 0.6) is 0 Å². The molecule has 1 heterocycles. The second-order valence-corrected chi connectivity index (χ2v) is 5.44. The predicted molar refractivity (Wildman–Crippen MR) is 82.2 cm³/mol. The largest absolute Gasteiger partial charge is 0.310 e. The fourth-order valence-electron chi connectivity index (χ4n) is 2.19. The van der Waals surface area contributed by atoms with Crippen LogP contribution in [0.1, 0.15) is 37.4 Å². The van der Waals surface area contributed by atoms with Crippen LogP contribution in [-0.4, -0.2) is 16.3 Å². The van der Waals surface area contributed by atoms with E-state index in [-0.39, 0.29) is 0 Å². The van der Waals surface area contributed by atoms with Crippen LogP contribution in [0.25, 0.3) is 0 Å². The summed E-state index contributed by atoms with van der Waals surface area (Å²) >= 11 is 3.57. The first-order chi connectivity index (χ1) is 9.24. The first-order valence-corrected chi connectivity index (χ1v) is 7.53. The van der Waals surface area contributed by atoms with Crippen LogP contribution in [0.4, 0.5) is 0 Å². The Labute approximate surface area is 123 Å². The lowest BCUT2D eigenvalue weighted by Gasteiger charge is -2.13. The van der Waals surface area contributed by atoms with Gasteiger partial charge in [-0.25, -0.2) is 0 Å². The van der Waals surface area contributed by atoms with Gasteiger partial charge in [-0.3, -0.25) is 4.68 Å². The number of nitrogens with zero attached hydrogens (tertiary/aromatic N) is 2. The van der Waals surface area contributed by atoms with Gasteiger partial charge < -0.3 is 5.32 Å². The average molecular weight is 322 g/mol. The third-order valence-electron chi connectivity index (χ3n) is 3.20. The number of benzene rings is 1. The Hall–Kier alpha value is -1.13.